The molecule has 0 spiro atoms. The molecule has 0 radical (unpaired) electrons. The van der Waals surface area contributed by atoms with Crippen molar-refractivity contribution in [2.45, 2.75) is 18.9 Å². The fraction of sp³-hybridized carbons (Fsp3) is 0.176. The Hall–Kier alpha value is -1.52. The molecular weight excluding hydrogens is 329 g/mol. The van der Waals surface area contributed by atoms with E-state index in [0.717, 1.165) is 17.4 Å². The van der Waals surface area contributed by atoms with Crippen LogP contribution in [0.2, 0.25) is 0 Å². The van der Waals surface area contributed by atoms with Crippen LogP contribution in [0.3, 0.4) is 0 Å². The molecule has 0 aliphatic rings. The van der Waals surface area contributed by atoms with Crippen LogP contribution in [0.1, 0.15) is 12.5 Å². The Labute approximate surface area is 136 Å². The van der Waals surface area contributed by atoms with Gasteiger partial charge in [-0.2, -0.15) is 0 Å². The summed E-state index contributed by atoms with van der Waals surface area (Å²) < 4.78 is 41.2. The van der Waals surface area contributed by atoms with Gasteiger partial charge in [0.25, 0.3) is 0 Å². The Balaban J connectivity index is 0.00000176. The quantitative estimate of drug-likeness (QED) is 0.627. The maximum Gasteiger partial charge on any atom is 0.601 e. The number of fused-ring (bicyclic) bond motifs is 1. The van der Waals surface area contributed by atoms with Gasteiger partial charge in [0.05, 0.1) is 0 Å². The molecule has 0 saturated heterocycles. The number of alkyl halides is 3. The largest absolute Gasteiger partial charge is 1.00 e. The molecule has 0 bridgehead atoms. The fourth-order valence-electron chi connectivity index (χ4n) is 2.60. The molecule has 5 heteroatoms. The lowest BCUT2D eigenvalue weighted by molar-refractivity contribution is -0.0864. The summed E-state index contributed by atoms with van der Waals surface area (Å²) in [6.07, 6.45) is 0.733. The molecule has 1 aromatic heterocycles. The van der Waals surface area contributed by atoms with E-state index in [1.54, 1.807) is 42.5 Å². The van der Waals surface area contributed by atoms with E-state index < -0.39 is 16.0 Å². The molecule has 1 heterocycles. The zero-order chi connectivity index (χ0) is 15.0. The zero-order valence-corrected chi connectivity index (χ0v) is 13.4. The molecule has 2 aromatic carbocycles. The van der Waals surface area contributed by atoms with Crippen molar-refractivity contribution in [3.8, 4) is 10.4 Å². The Kier molecular flexibility index (Phi) is 4.83. The highest BCUT2D eigenvalue weighted by Gasteiger charge is 2.48. The topological polar surface area (TPSA) is 0 Å². The number of aryl methyl sites for hydroxylation is 1. The van der Waals surface area contributed by atoms with Gasteiger partial charge in [0, 0.05) is 17.0 Å². The van der Waals surface area contributed by atoms with Crippen molar-refractivity contribution in [2.75, 3.05) is 0 Å². The third kappa shape index (κ3) is 2.85. The summed E-state index contributed by atoms with van der Waals surface area (Å²) in [6, 6.07) is 15.8. The Morgan fingerprint density at radius 2 is 1.64 bits per heavy atom. The SMILES string of the molecule is CCc1cccc2c1cc(-c1ccccc1)[s+]2C(F)(F)F.[Cl-]. The van der Waals surface area contributed by atoms with E-state index in [1.165, 1.54) is 0 Å². The molecular formula is C17H14ClF3S. The maximum absolute atomic E-state index is 13.6. The average Bonchev–Trinajstić information content (AvgIpc) is 2.87. The van der Waals surface area contributed by atoms with Crippen molar-refractivity contribution < 1.29 is 25.6 Å². The summed E-state index contributed by atoms with van der Waals surface area (Å²) in [5.41, 5.74) is -2.63. The lowest BCUT2D eigenvalue weighted by Crippen LogP contribution is -3.00. The highest BCUT2D eigenvalue weighted by atomic mass is 35.5. The maximum atomic E-state index is 13.6. The first-order chi connectivity index (χ1) is 10.0. The van der Waals surface area contributed by atoms with Crippen molar-refractivity contribution in [3.05, 3.63) is 60.2 Å². The lowest BCUT2D eigenvalue weighted by Gasteiger charge is -2.00. The predicted molar refractivity (Wildman–Crippen MR) is 82.5 cm³/mol. The van der Waals surface area contributed by atoms with E-state index in [-0.39, 0.29) is 12.4 Å². The molecule has 0 nitrogen and oxygen atoms in total. The summed E-state index contributed by atoms with van der Waals surface area (Å²) in [5.74, 6) is 0. The summed E-state index contributed by atoms with van der Waals surface area (Å²) in [4.78, 5) is 0.374. The van der Waals surface area contributed by atoms with E-state index >= 15 is 0 Å². The molecule has 1 unspecified atom stereocenters. The van der Waals surface area contributed by atoms with E-state index in [0.29, 0.717) is 15.1 Å². The predicted octanol–water partition coefficient (Wildman–Crippen LogP) is 3.30. The third-order valence-corrected chi connectivity index (χ3v) is 5.59. The molecule has 22 heavy (non-hydrogen) atoms. The molecule has 3 aromatic rings. The molecule has 0 saturated carbocycles. The van der Waals surface area contributed by atoms with Gasteiger partial charge >= 0.3 is 5.51 Å². The van der Waals surface area contributed by atoms with Crippen molar-refractivity contribution in [1.82, 2.24) is 0 Å². The van der Waals surface area contributed by atoms with Gasteiger partial charge in [-0.15, -0.1) is 13.2 Å². The monoisotopic (exact) mass is 342 g/mol. The van der Waals surface area contributed by atoms with Gasteiger partial charge in [-0.1, -0.05) is 37.3 Å². The van der Waals surface area contributed by atoms with E-state index in [2.05, 4.69) is 0 Å². The van der Waals surface area contributed by atoms with Gasteiger partial charge in [0.1, 0.15) is 10.5 Å². The second-order valence-electron chi connectivity index (χ2n) is 4.81. The lowest BCUT2D eigenvalue weighted by atomic mass is 10.1. The number of thiophene rings is 1. The first kappa shape index (κ1) is 16.8. The molecule has 0 aliphatic heterocycles. The summed E-state index contributed by atoms with van der Waals surface area (Å²) in [7, 11) is -1.86. The Morgan fingerprint density at radius 3 is 2.23 bits per heavy atom. The minimum absolute atomic E-state index is 0. The van der Waals surface area contributed by atoms with Crippen LogP contribution >= 0.6 is 10.5 Å². The summed E-state index contributed by atoms with van der Waals surface area (Å²) in [5, 5.41) is 0.750. The van der Waals surface area contributed by atoms with Gasteiger partial charge in [0.15, 0.2) is 9.58 Å². The van der Waals surface area contributed by atoms with Gasteiger partial charge in [-0.3, -0.25) is 0 Å². The second kappa shape index (κ2) is 6.31. The van der Waals surface area contributed by atoms with E-state index in [9.17, 15) is 13.2 Å². The van der Waals surface area contributed by atoms with Crippen molar-refractivity contribution in [2.24, 2.45) is 0 Å². The highest BCUT2D eigenvalue weighted by Crippen LogP contribution is 2.54. The standard InChI is InChI=1S/C17H14F3S.ClH/c1-2-12-9-6-10-15-14(12)11-16(21(15)17(18,19)20)13-7-4-3-5-8-13;/h3-11H,2H2,1H3;1H/q+1;/p-1. The van der Waals surface area contributed by atoms with Crippen LogP contribution in [0.4, 0.5) is 13.2 Å². The normalized spacial score (nSPS) is 12.3. The molecule has 0 aliphatic carbocycles. The van der Waals surface area contributed by atoms with Crippen molar-refractivity contribution >= 4 is 20.6 Å². The summed E-state index contributed by atoms with van der Waals surface area (Å²) in [6.45, 7) is 1.97. The minimum Gasteiger partial charge on any atom is -1.00 e. The summed E-state index contributed by atoms with van der Waals surface area (Å²) >= 11 is 0. The Bertz CT molecular complexity index is 776. The number of hydrogen-bond donors (Lipinski definition) is 0. The van der Waals surface area contributed by atoms with E-state index in [4.69, 9.17) is 0 Å². The van der Waals surface area contributed by atoms with Crippen LogP contribution < -0.4 is 12.4 Å². The molecule has 116 valence electrons. The number of hydrogen-bond acceptors (Lipinski definition) is 0. The van der Waals surface area contributed by atoms with Gasteiger partial charge in [-0.25, -0.2) is 0 Å². The first-order valence-electron chi connectivity index (χ1n) is 6.72. The van der Waals surface area contributed by atoms with E-state index in [1.807, 2.05) is 19.1 Å². The average molecular weight is 343 g/mol. The zero-order valence-electron chi connectivity index (χ0n) is 11.8. The van der Waals surface area contributed by atoms with Crippen molar-refractivity contribution in [3.63, 3.8) is 0 Å². The fourth-order valence-corrected chi connectivity index (χ4v) is 4.57. The number of halogens is 4. The van der Waals surface area contributed by atoms with Crippen LogP contribution in [0.15, 0.2) is 54.6 Å². The number of rotatable bonds is 2. The third-order valence-electron chi connectivity index (χ3n) is 3.54. The molecule has 0 amide bonds. The van der Waals surface area contributed by atoms with Crippen LogP contribution in [0, 0.1) is 0 Å². The molecule has 0 N–H and O–H groups in total. The second-order valence-corrected chi connectivity index (χ2v) is 6.76. The molecule has 3 rings (SSSR count). The van der Waals surface area contributed by atoms with Crippen LogP contribution in [0.5, 0.6) is 0 Å². The Morgan fingerprint density at radius 1 is 0.955 bits per heavy atom. The van der Waals surface area contributed by atoms with Crippen LogP contribution in [-0.2, 0) is 11.9 Å². The molecule has 1 atom stereocenters. The first-order valence-corrected chi connectivity index (χ1v) is 7.95. The minimum atomic E-state index is -4.25. The van der Waals surface area contributed by atoms with Gasteiger partial charge < -0.3 is 12.4 Å². The van der Waals surface area contributed by atoms with Gasteiger partial charge in [0.2, 0.25) is 0 Å². The van der Waals surface area contributed by atoms with Crippen molar-refractivity contribution in [1.29, 1.82) is 0 Å². The van der Waals surface area contributed by atoms with Crippen LogP contribution in [-0.4, -0.2) is 0 Å². The molecule has 0 fully saturated rings. The van der Waals surface area contributed by atoms with Gasteiger partial charge in [-0.05, 0) is 30.2 Å². The highest BCUT2D eigenvalue weighted by molar-refractivity contribution is 7.41. The smallest absolute Gasteiger partial charge is 0.601 e. The number of benzene rings is 2. The van der Waals surface area contributed by atoms with Crippen LogP contribution in [0.25, 0.3) is 20.5 Å².